The van der Waals surface area contributed by atoms with Gasteiger partial charge in [-0.05, 0) is 33.6 Å². The lowest BCUT2D eigenvalue weighted by atomic mass is 9.91. The Labute approximate surface area is 168 Å². The van der Waals surface area contributed by atoms with E-state index < -0.39 is 17.6 Å². The fraction of sp³-hybridized carbons (Fsp3) is 0.900. The molecule has 0 heterocycles. The zero-order chi connectivity index (χ0) is 21.7. The largest absolute Gasteiger partial charge is 0.463 e. The molecule has 166 valence electrons. The standard InChI is InChI=1S/C20H38O8/c1-7-14(3)18(23)27-12-17(22)11-26-15(4)9-25-10-16(21)13-28-19(24)20(5,6)8-2/h14-17,21-22H,7-13H2,1-6H3. The van der Waals surface area contributed by atoms with E-state index >= 15 is 0 Å². The summed E-state index contributed by atoms with van der Waals surface area (Å²) >= 11 is 0. The Kier molecular flexibility index (Phi) is 13.3. The fourth-order valence-electron chi connectivity index (χ4n) is 1.79. The van der Waals surface area contributed by atoms with Gasteiger partial charge in [-0.1, -0.05) is 20.8 Å². The van der Waals surface area contributed by atoms with E-state index in [1.807, 2.05) is 13.8 Å². The average Bonchev–Trinajstić information content (AvgIpc) is 2.67. The molecule has 8 heteroatoms. The van der Waals surface area contributed by atoms with Crippen LogP contribution in [0, 0.1) is 11.3 Å². The maximum absolute atomic E-state index is 11.8. The molecule has 0 aromatic heterocycles. The third kappa shape index (κ3) is 11.6. The Morgan fingerprint density at radius 2 is 1.46 bits per heavy atom. The highest BCUT2D eigenvalue weighted by molar-refractivity contribution is 5.75. The second kappa shape index (κ2) is 13.9. The highest BCUT2D eigenvalue weighted by Gasteiger charge is 2.27. The van der Waals surface area contributed by atoms with Crippen molar-refractivity contribution in [2.24, 2.45) is 11.3 Å². The highest BCUT2D eigenvalue weighted by atomic mass is 16.6. The Morgan fingerprint density at radius 3 is 2.04 bits per heavy atom. The molecule has 0 aromatic rings. The SMILES string of the molecule is CCC(C)C(=O)OCC(O)COC(C)COCC(O)COC(=O)C(C)(C)CC. The minimum absolute atomic E-state index is 0.00259. The summed E-state index contributed by atoms with van der Waals surface area (Å²) in [7, 11) is 0. The van der Waals surface area contributed by atoms with Gasteiger partial charge in [0.1, 0.15) is 25.4 Å². The van der Waals surface area contributed by atoms with Crippen molar-refractivity contribution in [3.8, 4) is 0 Å². The van der Waals surface area contributed by atoms with Crippen LogP contribution in [0.1, 0.15) is 54.4 Å². The Morgan fingerprint density at radius 1 is 0.893 bits per heavy atom. The third-order valence-electron chi connectivity index (χ3n) is 4.51. The predicted octanol–water partition coefficient (Wildman–Crippen LogP) is 1.70. The van der Waals surface area contributed by atoms with Crippen molar-refractivity contribution in [1.82, 2.24) is 0 Å². The number of esters is 2. The molecule has 0 aliphatic carbocycles. The van der Waals surface area contributed by atoms with E-state index in [0.717, 1.165) is 0 Å². The van der Waals surface area contributed by atoms with Gasteiger partial charge < -0.3 is 29.2 Å². The smallest absolute Gasteiger partial charge is 0.311 e. The molecular weight excluding hydrogens is 368 g/mol. The molecule has 4 unspecified atom stereocenters. The number of aliphatic hydroxyl groups is 2. The predicted molar refractivity (Wildman–Crippen MR) is 104 cm³/mol. The number of carbonyl (C=O) groups excluding carboxylic acids is 2. The Hall–Kier alpha value is -1.22. The molecule has 0 radical (unpaired) electrons. The van der Waals surface area contributed by atoms with E-state index in [4.69, 9.17) is 18.9 Å². The van der Waals surface area contributed by atoms with Crippen molar-refractivity contribution < 1.29 is 38.7 Å². The van der Waals surface area contributed by atoms with E-state index in [2.05, 4.69) is 0 Å². The monoisotopic (exact) mass is 406 g/mol. The first-order valence-electron chi connectivity index (χ1n) is 9.92. The summed E-state index contributed by atoms with van der Waals surface area (Å²) in [6, 6.07) is 0. The van der Waals surface area contributed by atoms with Gasteiger partial charge in [-0.15, -0.1) is 0 Å². The van der Waals surface area contributed by atoms with Gasteiger partial charge in [-0.2, -0.15) is 0 Å². The van der Waals surface area contributed by atoms with Gasteiger partial charge in [-0.25, -0.2) is 0 Å². The summed E-state index contributed by atoms with van der Waals surface area (Å²) < 4.78 is 20.9. The van der Waals surface area contributed by atoms with Crippen LogP contribution >= 0.6 is 0 Å². The van der Waals surface area contributed by atoms with Crippen LogP contribution in [0.3, 0.4) is 0 Å². The van der Waals surface area contributed by atoms with E-state index in [0.29, 0.717) is 12.8 Å². The van der Waals surface area contributed by atoms with Crippen LogP contribution in [0.2, 0.25) is 0 Å². The van der Waals surface area contributed by atoms with Crippen molar-refractivity contribution in [3.63, 3.8) is 0 Å². The Bertz CT molecular complexity index is 451. The molecule has 28 heavy (non-hydrogen) atoms. The fourth-order valence-corrected chi connectivity index (χ4v) is 1.79. The molecule has 0 aliphatic heterocycles. The summed E-state index contributed by atoms with van der Waals surface area (Å²) in [5, 5.41) is 19.6. The number of hydrogen-bond acceptors (Lipinski definition) is 8. The second-order valence-corrected chi connectivity index (χ2v) is 7.76. The molecule has 2 N–H and O–H groups in total. The molecule has 0 aromatic carbocycles. The quantitative estimate of drug-likeness (QED) is 0.395. The number of aliphatic hydroxyl groups excluding tert-OH is 2. The van der Waals surface area contributed by atoms with E-state index in [-0.39, 0.29) is 57.0 Å². The van der Waals surface area contributed by atoms with E-state index in [1.165, 1.54) is 0 Å². The van der Waals surface area contributed by atoms with Crippen molar-refractivity contribution in [2.75, 3.05) is 33.0 Å². The van der Waals surface area contributed by atoms with Gasteiger partial charge in [-0.3, -0.25) is 9.59 Å². The van der Waals surface area contributed by atoms with Crippen molar-refractivity contribution >= 4 is 11.9 Å². The molecule has 0 amide bonds. The number of carbonyl (C=O) groups is 2. The lowest BCUT2D eigenvalue weighted by Crippen LogP contribution is -2.32. The van der Waals surface area contributed by atoms with E-state index in [1.54, 1.807) is 27.7 Å². The van der Waals surface area contributed by atoms with Gasteiger partial charge in [0.2, 0.25) is 0 Å². The summed E-state index contributed by atoms with van der Waals surface area (Å²) in [6.07, 6.45) is -0.831. The van der Waals surface area contributed by atoms with Gasteiger partial charge in [0, 0.05) is 0 Å². The molecule has 8 nitrogen and oxygen atoms in total. The van der Waals surface area contributed by atoms with Gasteiger partial charge in [0.25, 0.3) is 0 Å². The summed E-state index contributed by atoms with van der Waals surface area (Å²) in [4.78, 5) is 23.4. The van der Waals surface area contributed by atoms with Crippen LogP contribution in [0.25, 0.3) is 0 Å². The first-order chi connectivity index (χ1) is 13.0. The number of rotatable bonds is 15. The van der Waals surface area contributed by atoms with E-state index in [9.17, 15) is 19.8 Å². The summed E-state index contributed by atoms with van der Waals surface area (Å²) in [5.74, 6) is -0.886. The zero-order valence-electron chi connectivity index (χ0n) is 18.1. The lowest BCUT2D eigenvalue weighted by Gasteiger charge is -2.22. The van der Waals surface area contributed by atoms with Crippen LogP contribution in [0.4, 0.5) is 0 Å². The molecule has 0 aliphatic rings. The summed E-state index contributed by atoms with van der Waals surface area (Å²) in [6.45, 7) is 10.9. The molecule has 4 atom stereocenters. The van der Waals surface area contributed by atoms with Crippen LogP contribution in [0.5, 0.6) is 0 Å². The van der Waals surface area contributed by atoms with Crippen LogP contribution in [-0.4, -0.2) is 73.5 Å². The van der Waals surface area contributed by atoms with Crippen LogP contribution < -0.4 is 0 Å². The molecule has 0 bridgehead atoms. The van der Waals surface area contributed by atoms with Crippen molar-refractivity contribution in [1.29, 1.82) is 0 Å². The van der Waals surface area contributed by atoms with Gasteiger partial charge >= 0.3 is 11.9 Å². The number of ether oxygens (including phenoxy) is 4. The van der Waals surface area contributed by atoms with Crippen LogP contribution in [0.15, 0.2) is 0 Å². The zero-order valence-corrected chi connectivity index (χ0v) is 18.1. The van der Waals surface area contributed by atoms with Gasteiger partial charge in [0.05, 0.1) is 37.3 Å². The van der Waals surface area contributed by atoms with Crippen LogP contribution in [-0.2, 0) is 28.5 Å². The number of hydrogen-bond donors (Lipinski definition) is 2. The molecular formula is C20H38O8. The molecule has 0 rings (SSSR count). The minimum Gasteiger partial charge on any atom is -0.463 e. The van der Waals surface area contributed by atoms with Gasteiger partial charge in [0.15, 0.2) is 0 Å². The first kappa shape index (κ1) is 26.8. The minimum atomic E-state index is -0.922. The normalized spacial score (nSPS) is 16.1. The topological polar surface area (TPSA) is 112 Å². The average molecular weight is 407 g/mol. The highest BCUT2D eigenvalue weighted by Crippen LogP contribution is 2.21. The summed E-state index contributed by atoms with van der Waals surface area (Å²) in [5.41, 5.74) is -0.577. The molecule has 0 saturated heterocycles. The maximum atomic E-state index is 11.8. The first-order valence-corrected chi connectivity index (χ1v) is 9.92. The molecule has 0 saturated carbocycles. The maximum Gasteiger partial charge on any atom is 0.311 e. The third-order valence-corrected chi connectivity index (χ3v) is 4.51. The van der Waals surface area contributed by atoms with Crippen molar-refractivity contribution in [3.05, 3.63) is 0 Å². The lowest BCUT2D eigenvalue weighted by molar-refractivity contribution is -0.159. The molecule has 0 fully saturated rings. The second-order valence-electron chi connectivity index (χ2n) is 7.76. The molecule has 0 spiro atoms. The van der Waals surface area contributed by atoms with Crippen molar-refractivity contribution in [2.45, 2.75) is 72.7 Å². The Balaban J connectivity index is 3.87.